The van der Waals surface area contributed by atoms with Gasteiger partial charge in [0.25, 0.3) is 0 Å². The highest BCUT2D eigenvalue weighted by atomic mass is 16.5. The van der Waals surface area contributed by atoms with Crippen LogP contribution in [0.4, 0.5) is 0 Å². The Morgan fingerprint density at radius 3 is 2.88 bits per heavy atom. The Hall–Kier alpha value is -2.66. The van der Waals surface area contributed by atoms with Gasteiger partial charge in [0.05, 0.1) is 19.1 Å². The highest BCUT2D eigenvalue weighted by molar-refractivity contribution is 5.47. The minimum Gasteiger partial charge on any atom is -0.496 e. The molecular formula is C21H23N3O2. The predicted molar refractivity (Wildman–Crippen MR) is 100 cm³/mol. The fraction of sp³-hybridized carbons (Fsp3) is 0.333. The van der Waals surface area contributed by atoms with Crippen LogP contribution in [-0.4, -0.2) is 28.5 Å². The van der Waals surface area contributed by atoms with Crippen molar-refractivity contribution >= 4 is 0 Å². The molecule has 0 atom stereocenters. The van der Waals surface area contributed by atoms with Crippen LogP contribution >= 0.6 is 0 Å². The molecule has 0 saturated heterocycles. The summed E-state index contributed by atoms with van der Waals surface area (Å²) in [4.78, 5) is 11.6. The highest BCUT2D eigenvalue weighted by Crippen LogP contribution is 2.26. The van der Waals surface area contributed by atoms with Crippen LogP contribution in [0.3, 0.4) is 0 Å². The summed E-state index contributed by atoms with van der Waals surface area (Å²) in [5, 5.41) is 0. The number of benzene rings is 1. The molecule has 0 fully saturated rings. The first kappa shape index (κ1) is 16.8. The van der Waals surface area contributed by atoms with Crippen molar-refractivity contribution in [2.24, 2.45) is 0 Å². The summed E-state index contributed by atoms with van der Waals surface area (Å²) < 4.78 is 10.8. The standard InChI is InChI=1S/C21H23N3O2/c1-14-10-20(25-3)15(2)9-16(14)12-24-7-6-18-17(13-24)11-22-21(23-18)19-5-4-8-26-19/h4-5,8-11H,6-7,12-13H2,1-3H3. The first-order valence-electron chi connectivity index (χ1n) is 8.89. The number of hydrogen-bond acceptors (Lipinski definition) is 5. The lowest BCUT2D eigenvalue weighted by Crippen LogP contribution is -2.31. The highest BCUT2D eigenvalue weighted by Gasteiger charge is 2.20. The maximum Gasteiger partial charge on any atom is 0.195 e. The van der Waals surface area contributed by atoms with Crippen LogP contribution in [0.15, 0.2) is 41.1 Å². The van der Waals surface area contributed by atoms with E-state index in [1.165, 1.54) is 22.3 Å². The van der Waals surface area contributed by atoms with Gasteiger partial charge < -0.3 is 9.15 Å². The van der Waals surface area contributed by atoms with Gasteiger partial charge in [-0.25, -0.2) is 9.97 Å². The summed E-state index contributed by atoms with van der Waals surface area (Å²) in [6.45, 7) is 7.03. The molecule has 0 N–H and O–H groups in total. The van der Waals surface area contributed by atoms with E-state index >= 15 is 0 Å². The molecule has 0 spiro atoms. The molecule has 134 valence electrons. The van der Waals surface area contributed by atoms with Crippen LogP contribution in [0.1, 0.15) is 27.9 Å². The Morgan fingerprint density at radius 1 is 1.23 bits per heavy atom. The van der Waals surface area contributed by atoms with Crippen LogP contribution < -0.4 is 4.74 Å². The Kier molecular flexibility index (Phi) is 4.47. The van der Waals surface area contributed by atoms with Crippen LogP contribution in [0.5, 0.6) is 5.75 Å². The van der Waals surface area contributed by atoms with Gasteiger partial charge >= 0.3 is 0 Å². The second-order valence-electron chi connectivity index (χ2n) is 6.85. The van der Waals surface area contributed by atoms with Crippen molar-refractivity contribution in [3.05, 3.63) is 64.7 Å². The summed E-state index contributed by atoms with van der Waals surface area (Å²) in [7, 11) is 1.72. The second kappa shape index (κ2) is 6.92. The Balaban J connectivity index is 1.51. The van der Waals surface area contributed by atoms with Gasteiger partial charge in [-0.3, -0.25) is 4.90 Å². The molecule has 0 unspecified atom stereocenters. The smallest absolute Gasteiger partial charge is 0.195 e. The molecule has 0 radical (unpaired) electrons. The van der Waals surface area contributed by atoms with Crippen molar-refractivity contribution in [2.45, 2.75) is 33.4 Å². The lowest BCUT2D eigenvalue weighted by molar-refractivity contribution is 0.242. The number of rotatable bonds is 4. The van der Waals surface area contributed by atoms with Gasteiger partial charge in [0.2, 0.25) is 0 Å². The van der Waals surface area contributed by atoms with Gasteiger partial charge in [0, 0.05) is 37.8 Å². The van der Waals surface area contributed by atoms with Crippen LogP contribution in [-0.2, 0) is 19.5 Å². The molecule has 5 heteroatoms. The summed E-state index contributed by atoms with van der Waals surface area (Å²) in [5.41, 5.74) is 6.12. The van der Waals surface area contributed by atoms with E-state index in [2.05, 4.69) is 35.9 Å². The lowest BCUT2D eigenvalue weighted by Gasteiger charge is -2.28. The van der Waals surface area contributed by atoms with E-state index in [1.807, 2.05) is 18.3 Å². The molecular weight excluding hydrogens is 326 g/mol. The maximum atomic E-state index is 5.42. The molecule has 26 heavy (non-hydrogen) atoms. The SMILES string of the molecule is COc1cc(C)c(CN2CCc3nc(-c4ccco4)ncc3C2)cc1C. The number of fused-ring (bicyclic) bond motifs is 1. The molecule has 4 rings (SSSR count). The zero-order valence-corrected chi connectivity index (χ0v) is 15.5. The van der Waals surface area contributed by atoms with Gasteiger partial charge in [-0.1, -0.05) is 6.07 Å². The van der Waals surface area contributed by atoms with E-state index in [9.17, 15) is 0 Å². The summed E-state index contributed by atoms with van der Waals surface area (Å²) >= 11 is 0. The number of aromatic nitrogens is 2. The van der Waals surface area contributed by atoms with Crippen molar-refractivity contribution < 1.29 is 9.15 Å². The zero-order valence-electron chi connectivity index (χ0n) is 15.5. The molecule has 2 aromatic heterocycles. The maximum absolute atomic E-state index is 5.42. The first-order valence-corrected chi connectivity index (χ1v) is 8.89. The van der Waals surface area contributed by atoms with Crippen molar-refractivity contribution in [1.29, 1.82) is 0 Å². The number of furan rings is 1. The molecule has 1 aromatic carbocycles. The molecule has 1 aliphatic heterocycles. The third-order valence-electron chi connectivity index (χ3n) is 5.00. The normalized spacial score (nSPS) is 14.3. The predicted octanol–water partition coefficient (Wildman–Crippen LogP) is 3.92. The van der Waals surface area contributed by atoms with Crippen molar-refractivity contribution in [1.82, 2.24) is 14.9 Å². The van der Waals surface area contributed by atoms with Gasteiger partial charge in [-0.05, 0) is 48.7 Å². The average Bonchev–Trinajstić information content (AvgIpc) is 3.18. The Morgan fingerprint density at radius 2 is 2.12 bits per heavy atom. The van der Waals surface area contributed by atoms with Gasteiger partial charge in [0.15, 0.2) is 11.6 Å². The monoisotopic (exact) mass is 349 g/mol. The van der Waals surface area contributed by atoms with Gasteiger partial charge in [-0.15, -0.1) is 0 Å². The minimum atomic E-state index is 0.670. The van der Waals surface area contributed by atoms with E-state index in [0.717, 1.165) is 43.3 Å². The van der Waals surface area contributed by atoms with E-state index in [-0.39, 0.29) is 0 Å². The number of aryl methyl sites for hydroxylation is 2. The number of ether oxygens (including phenoxy) is 1. The van der Waals surface area contributed by atoms with Crippen LogP contribution in [0.2, 0.25) is 0 Å². The molecule has 0 bridgehead atoms. The van der Waals surface area contributed by atoms with Crippen molar-refractivity contribution in [3.63, 3.8) is 0 Å². The molecule has 5 nitrogen and oxygen atoms in total. The number of nitrogens with zero attached hydrogens (tertiary/aromatic N) is 3. The lowest BCUT2D eigenvalue weighted by atomic mass is 10.0. The Labute approximate surface area is 153 Å². The molecule has 3 aromatic rings. The van der Waals surface area contributed by atoms with E-state index in [1.54, 1.807) is 13.4 Å². The number of methoxy groups -OCH3 is 1. The third kappa shape index (κ3) is 3.22. The molecule has 0 aliphatic carbocycles. The van der Waals surface area contributed by atoms with Gasteiger partial charge in [0.1, 0.15) is 5.75 Å². The Bertz CT molecular complexity index is 919. The van der Waals surface area contributed by atoms with E-state index < -0.39 is 0 Å². The first-order chi connectivity index (χ1) is 12.6. The minimum absolute atomic E-state index is 0.670. The number of hydrogen-bond donors (Lipinski definition) is 0. The van der Waals surface area contributed by atoms with Crippen LogP contribution in [0.25, 0.3) is 11.6 Å². The van der Waals surface area contributed by atoms with Crippen molar-refractivity contribution in [2.75, 3.05) is 13.7 Å². The van der Waals surface area contributed by atoms with E-state index in [4.69, 9.17) is 14.1 Å². The van der Waals surface area contributed by atoms with Crippen LogP contribution in [0, 0.1) is 13.8 Å². The topological polar surface area (TPSA) is 51.4 Å². The summed E-state index contributed by atoms with van der Waals surface area (Å²) in [6.07, 6.45) is 4.53. The summed E-state index contributed by atoms with van der Waals surface area (Å²) in [6, 6.07) is 8.12. The zero-order chi connectivity index (χ0) is 18.1. The largest absolute Gasteiger partial charge is 0.496 e. The van der Waals surface area contributed by atoms with Gasteiger partial charge in [-0.2, -0.15) is 0 Å². The fourth-order valence-corrected chi connectivity index (χ4v) is 3.51. The van der Waals surface area contributed by atoms with E-state index in [0.29, 0.717) is 5.82 Å². The fourth-order valence-electron chi connectivity index (χ4n) is 3.51. The second-order valence-corrected chi connectivity index (χ2v) is 6.85. The molecule has 0 saturated carbocycles. The van der Waals surface area contributed by atoms with Crippen molar-refractivity contribution in [3.8, 4) is 17.3 Å². The average molecular weight is 349 g/mol. The summed E-state index contributed by atoms with van der Waals surface area (Å²) in [5.74, 6) is 2.34. The molecule has 1 aliphatic rings. The third-order valence-corrected chi connectivity index (χ3v) is 5.00. The molecule has 3 heterocycles. The molecule has 0 amide bonds. The quantitative estimate of drug-likeness (QED) is 0.714.